The maximum atomic E-state index is 15.9. The SMILES string of the molecule is COc1c(N2C[C@@H]3CCCN(Cc4cccc5ccccc45)[C@@H]3C2)c(F)cc2c(=O)c(C(=O)O)cn(C3CC3)c12.COc1c(N2C[C@@H]3CCCN(Cc4cccc5ccccc45)[C@@H]3C2)c(F)cc2c(=O)c(C(=O)O)cn(C3CC3)c12.Cl. The van der Waals surface area contributed by atoms with Crippen molar-refractivity contribution in [3.63, 3.8) is 0 Å². The van der Waals surface area contributed by atoms with E-state index in [1.807, 2.05) is 9.13 Å². The Hall–Kier alpha value is -7.53. The average Bonchev–Trinajstić information content (AvgIpc) is 4.46. The molecular formula is C64H65ClF2N6O8. The van der Waals surface area contributed by atoms with Crippen LogP contribution in [0, 0.1) is 23.5 Å². The third-order valence-corrected chi connectivity index (χ3v) is 18.1. The third-order valence-electron chi connectivity index (χ3n) is 18.1. The summed E-state index contributed by atoms with van der Waals surface area (Å²) in [6.45, 7) is 6.40. The van der Waals surface area contributed by atoms with E-state index in [0.717, 1.165) is 77.5 Å². The lowest BCUT2D eigenvalue weighted by atomic mass is 9.91. The van der Waals surface area contributed by atoms with Crippen molar-refractivity contribution in [2.24, 2.45) is 11.8 Å². The Morgan fingerprint density at radius 3 is 1.32 bits per heavy atom. The van der Waals surface area contributed by atoms with Crippen LogP contribution in [-0.4, -0.2) is 107 Å². The van der Waals surface area contributed by atoms with Gasteiger partial charge in [0.15, 0.2) is 23.1 Å². The number of carboxylic acid groups (broad SMARTS) is 2. The minimum atomic E-state index is -1.31. The van der Waals surface area contributed by atoms with Crippen LogP contribution in [0.5, 0.6) is 11.5 Å². The summed E-state index contributed by atoms with van der Waals surface area (Å²) in [7, 11) is 3.00. The van der Waals surface area contributed by atoms with E-state index in [0.29, 0.717) is 71.9 Å². The lowest BCUT2D eigenvalue weighted by Crippen LogP contribution is -2.44. The van der Waals surface area contributed by atoms with Crippen LogP contribution in [-0.2, 0) is 13.1 Å². The molecule has 14 rings (SSSR count). The minimum absolute atomic E-state index is 0. The van der Waals surface area contributed by atoms with Gasteiger partial charge in [-0.2, -0.15) is 0 Å². The summed E-state index contributed by atoms with van der Waals surface area (Å²) in [5.74, 6) is -2.30. The van der Waals surface area contributed by atoms with Crippen LogP contribution >= 0.6 is 12.4 Å². The second-order valence-corrected chi connectivity index (χ2v) is 22.9. The molecule has 4 aliphatic heterocycles. The zero-order valence-corrected chi connectivity index (χ0v) is 46.2. The molecule has 6 aliphatic rings. The molecule has 0 spiro atoms. The Morgan fingerprint density at radius 1 is 0.543 bits per heavy atom. The van der Waals surface area contributed by atoms with Gasteiger partial charge in [-0.05, 0) is 121 Å². The number of halogens is 3. The number of hydrogen-bond donors (Lipinski definition) is 2. The van der Waals surface area contributed by atoms with E-state index in [4.69, 9.17) is 9.47 Å². The normalized spacial score (nSPS) is 20.9. The van der Waals surface area contributed by atoms with E-state index in [-0.39, 0.29) is 58.5 Å². The molecule has 14 nitrogen and oxygen atoms in total. The number of aromatic nitrogens is 2. The molecule has 2 saturated carbocycles. The smallest absolute Gasteiger partial charge is 0.341 e. The molecule has 6 aromatic carbocycles. The number of carboxylic acids is 2. The number of rotatable bonds is 12. The molecule has 0 radical (unpaired) electrons. The minimum Gasteiger partial charge on any atom is -0.492 e. The van der Waals surface area contributed by atoms with Crippen LogP contribution in [0.15, 0.2) is 119 Å². The number of fused-ring (bicyclic) bond motifs is 6. The number of aromatic carboxylic acids is 2. The van der Waals surface area contributed by atoms with Gasteiger partial charge < -0.3 is 38.6 Å². The molecule has 420 valence electrons. The van der Waals surface area contributed by atoms with Crippen molar-refractivity contribution in [2.75, 3.05) is 63.3 Å². The Kier molecular flexibility index (Phi) is 14.5. The van der Waals surface area contributed by atoms with E-state index < -0.39 is 34.4 Å². The van der Waals surface area contributed by atoms with Crippen LogP contribution in [0.25, 0.3) is 43.4 Å². The number of nitrogens with zero attached hydrogens (tertiary/aromatic N) is 6. The van der Waals surface area contributed by atoms with Crippen LogP contribution in [0.2, 0.25) is 0 Å². The molecule has 4 saturated heterocycles. The summed E-state index contributed by atoms with van der Waals surface area (Å²) in [6.07, 6.45) is 10.7. The number of piperidine rings is 2. The highest BCUT2D eigenvalue weighted by Gasteiger charge is 2.44. The first kappa shape index (κ1) is 54.1. The van der Waals surface area contributed by atoms with E-state index in [1.165, 1.54) is 71.4 Å². The van der Waals surface area contributed by atoms with Crippen molar-refractivity contribution < 1.29 is 38.1 Å². The van der Waals surface area contributed by atoms with Crippen molar-refractivity contribution >= 4 is 79.1 Å². The maximum absolute atomic E-state index is 15.9. The first-order chi connectivity index (χ1) is 38.9. The molecule has 2 N–H and O–H groups in total. The molecular weight excluding hydrogens is 1050 g/mol. The van der Waals surface area contributed by atoms with Gasteiger partial charge in [0.2, 0.25) is 10.9 Å². The van der Waals surface area contributed by atoms with E-state index in [2.05, 4.69) is 105 Å². The van der Waals surface area contributed by atoms with Crippen molar-refractivity contribution in [3.8, 4) is 11.5 Å². The van der Waals surface area contributed by atoms with Crippen LogP contribution in [0.3, 0.4) is 0 Å². The van der Waals surface area contributed by atoms with Crippen LogP contribution in [0.1, 0.15) is 95.3 Å². The standard InChI is InChI=1S/2C32H32FN3O4.ClH/c2*1-40-31-28-24(30(37)25(32(38)39)17-36(28)22-11-12-22)14-26(33)29(31)35-16-21-9-5-13-34(27(21)18-35)15-20-8-4-7-19-6-2-3-10-23(19)20;/h2*2-4,6-8,10,14,17,21-22,27H,5,9,11-13,15-16,18H2,1H3,(H,38,39);1H/t2*21-,27+;/m00./s1. The van der Waals surface area contributed by atoms with Gasteiger partial charge in [-0.3, -0.25) is 19.4 Å². The predicted molar refractivity (Wildman–Crippen MR) is 313 cm³/mol. The zero-order chi connectivity index (χ0) is 55.1. The largest absolute Gasteiger partial charge is 0.492 e. The molecule has 2 aliphatic carbocycles. The second kappa shape index (κ2) is 21.7. The molecule has 6 fully saturated rings. The van der Waals surface area contributed by atoms with Crippen molar-refractivity contribution in [1.82, 2.24) is 18.9 Å². The van der Waals surface area contributed by atoms with Crippen LogP contribution < -0.4 is 30.1 Å². The van der Waals surface area contributed by atoms with E-state index >= 15 is 8.78 Å². The number of pyridine rings is 2. The molecule has 17 heteroatoms. The molecule has 2 aromatic heterocycles. The molecule has 0 amide bonds. The average molecular weight is 1120 g/mol. The predicted octanol–water partition coefficient (Wildman–Crippen LogP) is 11.3. The van der Waals surface area contributed by atoms with Gasteiger partial charge in [-0.15, -0.1) is 12.4 Å². The van der Waals surface area contributed by atoms with Gasteiger partial charge >= 0.3 is 11.9 Å². The molecule has 4 atom stereocenters. The lowest BCUT2D eigenvalue weighted by molar-refractivity contribution is 0.0684. The zero-order valence-electron chi connectivity index (χ0n) is 45.4. The quantitative estimate of drug-likeness (QED) is 0.120. The lowest BCUT2D eigenvalue weighted by Gasteiger charge is -2.37. The first-order valence-electron chi connectivity index (χ1n) is 28.2. The third kappa shape index (κ3) is 9.71. The first-order valence-corrected chi connectivity index (χ1v) is 28.2. The summed E-state index contributed by atoms with van der Waals surface area (Å²) in [4.78, 5) is 59.0. The van der Waals surface area contributed by atoms with Gasteiger partial charge in [0, 0.05) is 75.8 Å². The maximum Gasteiger partial charge on any atom is 0.341 e. The number of hydrogen-bond acceptors (Lipinski definition) is 10. The monoisotopic (exact) mass is 1120 g/mol. The van der Waals surface area contributed by atoms with Gasteiger partial charge in [0.1, 0.15) is 22.5 Å². The number of likely N-dealkylation sites (tertiary alicyclic amines) is 2. The van der Waals surface area contributed by atoms with Crippen LogP contribution in [0.4, 0.5) is 20.2 Å². The number of benzene rings is 6. The molecule has 0 unspecified atom stereocenters. The number of carbonyl (C=O) groups is 2. The number of anilines is 2. The summed E-state index contributed by atoms with van der Waals surface area (Å²) in [5, 5.41) is 24.4. The highest BCUT2D eigenvalue weighted by molar-refractivity contribution is 5.99. The molecule has 0 bridgehead atoms. The fourth-order valence-corrected chi connectivity index (χ4v) is 14.1. The van der Waals surface area contributed by atoms with E-state index in [9.17, 15) is 29.4 Å². The Balaban J connectivity index is 0.000000159. The van der Waals surface area contributed by atoms with Gasteiger partial charge in [-0.1, -0.05) is 84.9 Å². The Morgan fingerprint density at radius 2 is 0.938 bits per heavy atom. The molecule has 6 heterocycles. The van der Waals surface area contributed by atoms with Crippen molar-refractivity contribution in [3.05, 3.63) is 164 Å². The summed E-state index contributed by atoms with van der Waals surface area (Å²) < 4.78 is 47.2. The fourth-order valence-electron chi connectivity index (χ4n) is 14.1. The Labute approximate surface area is 473 Å². The number of methoxy groups -OCH3 is 2. The fraction of sp³-hybridized carbons (Fsp3) is 0.375. The highest BCUT2D eigenvalue weighted by atomic mass is 35.5. The molecule has 8 aromatic rings. The van der Waals surface area contributed by atoms with Gasteiger partial charge in [0.25, 0.3) is 0 Å². The Bertz CT molecular complexity index is 3670. The van der Waals surface area contributed by atoms with Crippen molar-refractivity contribution in [1.29, 1.82) is 0 Å². The molecule has 81 heavy (non-hydrogen) atoms. The van der Waals surface area contributed by atoms with E-state index in [1.54, 1.807) is 0 Å². The van der Waals surface area contributed by atoms with Gasteiger partial charge in [-0.25, -0.2) is 18.4 Å². The summed E-state index contributed by atoms with van der Waals surface area (Å²) in [6, 6.07) is 33.0. The number of ether oxygens (including phenoxy) is 2. The van der Waals surface area contributed by atoms with Crippen molar-refractivity contribution in [2.45, 2.75) is 88.6 Å². The topological polar surface area (TPSA) is 150 Å². The van der Waals surface area contributed by atoms with Gasteiger partial charge in [0.05, 0.1) is 36.0 Å². The summed E-state index contributed by atoms with van der Waals surface area (Å²) >= 11 is 0. The summed E-state index contributed by atoms with van der Waals surface area (Å²) in [5.41, 5.74) is 2.26. The highest BCUT2D eigenvalue weighted by Crippen LogP contribution is 2.48. The second-order valence-electron chi connectivity index (χ2n) is 22.9.